The zero-order chi connectivity index (χ0) is 20.3. The summed E-state index contributed by atoms with van der Waals surface area (Å²) in [6.07, 6.45) is 10.5. The molecule has 1 saturated carbocycles. The van der Waals surface area contributed by atoms with Gasteiger partial charge in [-0.15, -0.1) is 0 Å². The SMILES string of the molecule is OC[C@@]1(Cc2ccc(F)cc2F)CCCN(Cc2cn[nH]c2C2CCCCC2)C1. The second kappa shape index (κ2) is 8.92. The number of aliphatic hydroxyl groups is 1. The lowest BCUT2D eigenvalue weighted by atomic mass is 9.75. The number of aromatic amines is 1. The standard InChI is InChI=1S/C23H31F2N3O/c24-20-8-7-18(21(25)11-20)12-23(16-29)9-4-10-28(15-23)14-19-13-26-27-22(19)17-5-2-1-3-6-17/h7-8,11,13,17,29H,1-6,9-10,12,14-16H2,(H,26,27)/t23-/m1/s1. The number of hydrogen-bond donors (Lipinski definition) is 2. The summed E-state index contributed by atoms with van der Waals surface area (Å²) < 4.78 is 27.5. The number of rotatable bonds is 6. The molecule has 1 aromatic carbocycles. The van der Waals surface area contributed by atoms with Crippen LogP contribution in [0.1, 0.15) is 67.7 Å². The lowest BCUT2D eigenvalue weighted by Crippen LogP contribution is -2.46. The Labute approximate surface area is 171 Å². The highest BCUT2D eigenvalue weighted by Crippen LogP contribution is 2.37. The van der Waals surface area contributed by atoms with Gasteiger partial charge in [-0.05, 0) is 50.3 Å². The van der Waals surface area contributed by atoms with Gasteiger partial charge in [-0.2, -0.15) is 5.10 Å². The van der Waals surface area contributed by atoms with E-state index >= 15 is 0 Å². The Kier molecular flexibility index (Phi) is 6.30. The largest absolute Gasteiger partial charge is 0.396 e. The molecule has 1 aliphatic heterocycles. The molecule has 6 heteroatoms. The maximum absolute atomic E-state index is 14.2. The van der Waals surface area contributed by atoms with Gasteiger partial charge in [0.05, 0.1) is 12.8 Å². The lowest BCUT2D eigenvalue weighted by Gasteiger charge is -2.42. The third-order valence-corrected chi connectivity index (χ3v) is 6.82. The monoisotopic (exact) mass is 403 g/mol. The van der Waals surface area contributed by atoms with Gasteiger partial charge in [-0.3, -0.25) is 10.00 Å². The maximum Gasteiger partial charge on any atom is 0.129 e. The molecule has 4 nitrogen and oxygen atoms in total. The molecule has 29 heavy (non-hydrogen) atoms. The first-order valence-electron chi connectivity index (χ1n) is 10.9. The number of nitrogens with one attached hydrogen (secondary N) is 1. The van der Waals surface area contributed by atoms with Gasteiger partial charge < -0.3 is 5.11 Å². The second-order valence-corrected chi connectivity index (χ2v) is 9.03. The Morgan fingerprint density at radius 1 is 1.14 bits per heavy atom. The van der Waals surface area contributed by atoms with Crippen molar-refractivity contribution < 1.29 is 13.9 Å². The molecule has 1 aliphatic carbocycles. The van der Waals surface area contributed by atoms with Gasteiger partial charge in [0, 0.05) is 41.7 Å². The Bertz CT molecular complexity index is 818. The molecule has 0 radical (unpaired) electrons. The summed E-state index contributed by atoms with van der Waals surface area (Å²) >= 11 is 0. The van der Waals surface area contributed by atoms with Crippen LogP contribution in [0.25, 0.3) is 0 Å². The van der Waals surface area contributed by atoms with Crippen molar-refractivity contribution in [1.82, 2.24) is 15.1 Å². The van der Waals surface area contributed by atoms with Crippen LogP contribution in [0.15, 0.2) is 24.4 Å². The first-order valence-corrected chi connectivity index (χ1v) is 10.9. The Balaban J connectivity index is 1.47. The van der Waals surface area contributed by atoms with E-state index in [0.717, 1.165) is 32.0 Å². The normalized spacial score (nSPS) is 24.1. The van der Waals surface area contributed by atoms with Gasteiger partial charge in [0.25, 0.3) is 0 Å². The molecular weight excluding hydrogens is 372 g/mol. The predicted molar refractivity (Wildman–Crippen MR) is 109 cm³/mol. The summed E-state index contributed by atoms with van der Waals surface area (Å²) in [7, 11) is 0. The van der Waals surface area contributed by atoms with Gasteiger partial charge in [-0.1, -0.05) is 25.3 Å². The molecular formula is C23H31F2N3O. The number of hydrogen-bond acceptors (Lipinski definition) is 3. The van der Waals surface area contributed by atoms with Crippen LogP contribution >= 0.6 is 0 Å². The molecule has 1 saturated heterocycles. The average Bonchev–Trinajstić information content (AvgIpc) is 3.19. The number of aliphatic hydroxyl groups excluding tert-OH is 1. The van der Waals surface area contributed by atoms with E-state index in [0.29, 0.717) is 24.4 Å². The van der Waals surface area contributed by atoms with Crippen LogP contribution in [0.3, 0.4) is 0 Å². The lowest BCUT2D eigenvalue weighted by molar-refractivity contribution is 0.0281. The van der Waals surface area contributed by atoms with E-state index in [4.69, 9.17) is 0 Å². The molecule has 0 bridgehead atoms. The Morgan fingerprint density at radius 3 is 2.72 bits per heavy atom. The number of nitrogens with zero attached hydrogens (tertiary/aromatic N) is 2. The van der Waals surface area contributed by atoms with Crippen molar-refractivity contribution in [3.8, 4) is 0 Å². The van der Waals surface area contributed by atoms with E-state index in [-0.39, 0.29) is 6.61 Å². The molecule has 0 amide bonds. The van der Waals surface area contributed by atoms with Crippen molar-refractivity contribution >= 4 is 0 Å². The topological polar surface area (TPSA) is 52.1 Å². The highest BCUT2D eigenvalue weighted by atomic mass is 19.1. The fourth-order valence-corrected chi connectivity index (χ4v) is 5.28. The average molecular weight is 404 g/mol. The van der Waals surface area contributed by atoms with E-state index in [1.165, 1.54) is 55.5 Å². The fraction of sp³-hybridized carbons (Fsp3) is 0.609. The van der Waals surface area contributed by atoms with E-state index in [2.05, 4.69) is 15.1 Å². The Morgan fingerprint density at radius 2 is 1.97 bits per heavy atom. The van der Waals surface area contributed by atoms with Gasteiger partial charge in [-0.25, -0.2) is 8.78 Å². The van der Waals surface area contributed by atoms with Crippen molar-refractivity contribution in [3.05, 3.63) is 52.9 Å². The third-order valence-electron chi connectivity index (χ3n) is 6.82. The minimum atomic E-state index is -0.565. The molecule has 2 fully saturated rings. The first kappa shape index (κ1) is 20.5. The molecule has 1 aromatic heterocycles. The number of H-pyrrole nitrogens is 1. The van der Waals surface area contributed by atoms with Gasteiger partial charge in [0.15, 0.2) is 0 Å². The number of piperidine rings is 1. The van der Waals surface area contributed by atoms with Gasteiger partial charge >= 0.3 is 0 Å². The molecule has 2 heterocycles. The number of likely N-dealkylation sites (tertiary alicyclic amines) is 1. The minimum absolute atomic E-state index is 0.00118. The van der Waals surface area contributed by atoms with Crippen LogP contribution in [0.4, 0.5) is 8.78 Å². The molecule has 0 spiro atoms. The fourth-order valence-electron chi connectivity index (χ4n) is 5.28. The van der Waals surface area contributed by atoms with Crippen molar-refractivity contribution in [2.75, 3.05) is 19.7 Å². The summed E-state index contributed by atoms with van der Waals surface area (Å²) in [5.41, 5.74) is 2.60. The molecule has 2 N–H and O–H groups in total. The number of halogens is 2. The summed E-state index contributed by atoms with van der Waals surface area (Å²) in [5, 5.41) is 17.8. The predicted octanol–water partition coefficient (Wildman–Crippen LogP) is 4.55. The van der Waals surface area contributed by atoms with Crippen LogP contribution in [0, 0.1) is 17.0 Å². The zero-order valence-corrected chi connectivity index (χ0v) is 17.0. The summed E-state index contributed by atoms with van der Waals surface area (Å²) in [6, 6.07) is 3.74. The smallest absolute Gasteiger partial charge is 0.129 e. The summed E-state index contributed by atoms with van der Waals surface area (Å²) in [6.45, 7) is 2.47. The quantitative estimate of drug-likeness (QED) is 0.744. The first-order chi connectivity index (χ1) is 14.1. The van der Waals surface area contributed by atoms with Gasteiger partial charge in [0.1, 0.15) is 11.6 Å². The molecule has 2 aromatic rings. The van der Waals surface area contributed by atoms with Gasteiger partial charge in [0.2, 0.25) is 0 Å². The van der Waals surface area contributed by atoms with Crippen LogP contribution in [-0.2, 0) is 13.0 Å². The van der Waals surface area contributed by atoms with E-state index < -0.39 is 17.0 Å². The third kappa shape index (κ3) is 4.69. The summed E-state index contributed by atoms with van der Waals surface area (Å²) in [4.78, 5) is 2.36. The minimum Gasteiger partial charge on any atom is -0.396 e. The van der Waals surface area contributed by atoms with Crippen LogP contribution in [0.5, 0.6) is 0 Å². The summed E-state index contributed by atoms with van der Waals surface area (Å²) in [5.74, 6) is -0.518. The molecule has 4 rings (SSSR count). The molecule has 0 unspecified atom stereocenters. The van der Waals surface area contributed by atoms with Crippen molar-refractivity contribution in [2.24, 2.45) is 5.41 Å². The van der Waals surface area contributed by atoms with Crippen molar-refractivity contribution in [1.29, 1.82) is 0 Å². The number of aromatic nitrogens is 2. The highest BCUT2D eigenvalue weighted by Gasteiger charge is 2.36. The van der Waals surface area contributed by atoms with E-state index in [9.17, 15) is 13.9 Å². The van der Waals surface area contributed by atoms with E-state index in [1.54, 1.807) is 0 Å². The Hall–Kier alpha value is -1.79. The molecule has 1 atom stereocenters. The van der Waals surface area contributed by atoms with E-state index in [1.807, 2.05) is 6.20 Å². The van der Waals surface area contributed by atoms with Crippen LogP contribution < -0.4 is 0 Å². The maximum atomic E-state index is 14.2. The van der Waals surface area contributed by atoms with Crippen LogP contribution in [0.2, 0.25) is 0 Å². The van der Waals surface area contributed by atoms with Crippen molar-refractivity contribution in [3.63, 3.8) is 0 Å². The van der Waals surface area contributed by atoms with Crippen LogP contribution in [-0.4, -0.2) is 39.9 Å². The molecule has 158 valence electrons. The molecule has 2 aliphatic rings. The van der Waals surface area contributed by atoms with Crippen molar-refractivity contribution in [2.45, 2.75) is 63.8 Å². The number of benzene rings is 1. The second-order valence-electron chi connectivity index (χ2n) is 9.03. The highest BCUT2D eigenvalue weighted by molar-refractivity contribution is 5.22. The zero-order valence-electron chi connectivity index (χ0n) is 17.0.